The predicted molar refractivity (Wildman–Crippen MR) is 326 cm³/mol. The number of carbonyl (C=O) groups is 4. The van der Waals surface area contributed by atoms with E-state index in [9.17, 15) is 39.4 Å². The third-order valence-electron chi connectivity index (χ3n) is 13.1. The number of nitrogens with two attached hydrogens (primary N) is 1. The van der Waals surface area contributed by atoms with Crippen LogP contribution in [0, 0.1) is 20.2 Å². The summed E-state index contributed by atoms with van der Waals surface area (Å²) in [7, 11) is 4.32. The average Bonchev–Trinajstić information content (AvgIpc) is 3.13. The maximum atomic E-state index is 10.8. The van der Waals surface area contributed by atoms with E-state index in [-0.39, 0.29) is 77.8 Å². The van der Waals surface area contributed by atoms with Crippen molar-refractivity contribution in [2.24, 2.45) is 5.73 Å². The van der Waals surface area contributed by atoms with Crippen molar-refractivity contribution in [3.8, 4) is 0 Å². The molecule has 4 aliphatic carbocycles. The van der Waals surface area contributed by atoms with Gasteiger partial charge < -0.3 is 34.4 Å². The van der Waals surface area contributed by atoms with E-state index >= 15 is 0 Å². The van der Waals surface area contributed by atoms with Gasteiger partial charge in [0.15, 0.2) is 0 Å². The van der Waals surface area contributed by atoms with Crippen molar-refractivity contribution in [1.29, 1.82) is 0 Å². The molecule has 0 amide bonds. The summed E-state index contributed by atoms with van der Waals surface area (Å²) < 4.78 is 3.61. The van der Waals surface area contributed by atoms with E-state index in [4.69, 9.17) is 38.9 Å². The van der Waals surface area contributed by atoms with Crippen LogP contribution in [0.3, 0.4) is 0 Å². The van der Waals surface area contributed by atoms with Gasteiger partial charge in [0.1, 0.15) is 6.29 Å². The first kappa shape index (κ1) is 72.1. The second-order valence-electron chi connectivity index (χ2n) is 19.2. The minimum absolute atomic E-state index is 0. The van der Waals surface area contributed by atoms with Crippen LogP contribution >= 0.6 is 35.6 Å². The maximum Gasteiger partial charge on any atom is 1.00 e. The Balaban J connectivity index is 0.000000321. The molecule has 0 bridgehead atoms. The molecule has 4 atom stereocenters. The molecule has 2 saturated carbocycles. The zero-order valence-electron chi connectivity index (χ0n) is 46.7. The van der Waals surface area contributed by atoms with Crippen LogP contribution in [0.2, 0.25) is 10.0 Å². The Morgan fingerprint density at radius 3 is 1.52 bits per heavy atom. The Morgan fingerprint density at radius 1 is 0.671 bits per heavy atom. The molecule has 443 valence electrons. The molecule has 21 nitrogen and oxygen atoms in total. The number of aldehydes is 1. The molecule has 2 heterocycles. The fraction of sp³-hybridized carbons (Fsp3) is 0.322. The van der Waals surface area contributed by atoms with Crippen LogP contribution in [-0.2, 0) is 48.2 Å². The molecule has 2 aromatic heterocycles. The summed E-state index contributed by atoms with van der Waals surface area (Å²) in [5.74, 6) is -0.505. The predicted octanol–water partition coefficient (Wildman–Crippen LogP) is 8.47. The molecule has 3 radical (unpaired) electrons. The number of anilines is 2. The third kappa shape index (κ3) is 23.0. The van der Waals surface area contributed by atoms with Gasteiger partial charge in [0.2, 0.25) is 17.9 Å². The number of aromatic nitrogens is 4. The number of hydrogen-bond donors (Lipinski definition) is 4. The van der Waals surface area contributed by atoms with Gasteiger partial charge in [-0.3, -0.25) is 29.8 Å². The summed E-state index contributed by atoms with van der Waals surface area (Å²) in [5, 5.41) is 32.7. The monoisotopic (exact) mass is 1230 g/mol. The van der Waals surface area contributed by atoms with Gasteiger partial charge in [-0.05, 0) is 104 Å². The molecule has 0 aliphatic heterocycles. The molecule has 0 saturated heterocycles. The number of halogens is 3. The Hall–Kier alpha value is -7.15. The molecule has 0 unspecified atom stereocenters. The molecule has 0 spiro atoms. The molecule has 85 heavy (non-hydrogen) atoms. The van der Waals surface area contributed by atoms with Gasteiger partial charge in [-0.25, -0.2) is 39.3 Å². The number of rotatable bonds is 12. The van der Waals surface area contributed by atoms with E-state index in [0.29, 0.717) is 52.4 Å². The van der Waals surface area contributed by atoms with Gasteiger partial charge in [-0.15, -0.1) is 12.4 Å². The van der Waals surface area contributed by atoms with E-state index in [0.717, 1.165) is 106 Å². The molecular weight excluding hydrogens is 1160 g/mol. The van der Waals surface area contributed by atoms with E-state index in [1.54, 1.807) is 24.5 Å². The van der Waals surface area contributed by atoms with Crippen LogP contribution < -0.4 is 51.2 Å². The molecule has 5 N–H and O–H groups in total. The van der Waals surface area contributed by atoms with Crippen molar-refractivity contribution < 1.29 is 73.0 Å². The van der Waals surface area contributed by atoms with E-state index in [2.05, 4.69) is 103 Å². The zero-order valence-corrected chi connectivity index (χ0v) is 51.0. The number of non-ortho nitro benzene ring substituents is 2. The van der Waals surface area contributed by atoms with E-state index in [1.165, 1.54) is 53.4 Å². The number of nitrogens with zero attached hydrogens (tertiary/aromatic N) is 6. The summed E-state index contributed by atoms with van der Waals surface area (Å²) in [6.07, 6.45) is 18.8. The zero-order chi connectivity index (χ0) is 59.1. The Kier molecular flexibility index (Phi) is 31.1. The van der Waals surface area contributed by atoms with Gasteiger partial charge >= 0.3 is 41.5 Å². The summed E-state index contributed by atoms with van der Waals surface area (Å²) >= 11 is 12.9. The van der Waals surface area contributed by atoms with Crippen LogP contribution in [0.4, 0.5) is 23.3 Å². The first-order valence-electron chi connectivity index (χ1n) is 26.2. The van der Waals surface area contributed by atoms with Gasteiger partial charge in [0.25, 0.3) is 11.4 Å². The second-order valence-corrected chi connectivity index (χ2v) is 20.1. The fourth-order valence-corrected chi connectivity index (χ4v) is 9.67. The number of nitro groups is 2. The molecule has 4 aliphatic rings. The Labute approximate surface area is 533 Å². The number of fused-ring (bicyclic) bond motifs is 2. The van der Waals surface area contributed by atoms with Gasteiger partial charge in [-0.2, -0.15) is 0 Å². The summed E-state index contributed by atoms with van der Waals surface area (Å²) in [6, 6.07) is 30.1. The molecule has 10 rings (SSSR count). The molecular formula is C59H66BCl3N10NaO11. The Morgan fingerprint density at radius 2 is 1.09 bits per heavy atom. The quantitative estimate of drug-likeness (QED) is 0.0293. The first-order chi connectivity index (χ1) is 39.4. The molecule has 2 fully saturated rings. The van der Waals surface area contributed by atoms with Crippen molar-refractivity contribution in [3.63, 3.8) is 0 Å². The van der Waals surface area contributed by atoms with Crippen molar-refractivity contribution in [1.82, 2.24) is 25.3 Å². The number of benzene rings is 4. The van der Waals surface area contributed by atoms with Crippen LogP contribution in [0.25, 0.3) is 11.1 Å². The standard InChI is InChI=1S/C26H26ClN5O2.C19H21ClN4.C7H5NO3.C4H6O4.C2H3BO2.CH4.ClH.Na/c27-24-16-29-26(31-25(24)23-13-10-18-4-1-2-7-22(18)23)30-20-6-3-5-19(14-20)28-15-17-8-11-21(12-9-17)32(33)34;20-17-11-22-19(23-14-6-3-5-13(21)10-14)24-18(17)16-9-8-12-4-1-2-7-15(12)16;9-5-6-1-3-7(4-2-6)8(10)11;1-3(5)7-8-4(2)6;1-2(4)5-3;;;/h1-2,4,7-9,11-13,16,19-20,28H,3,5-6,10,14-15H2,(H,29,30,31);1-2,4,7,9,11,13-14H,3,5-6,8,10,21H2,(H,22,23,24);1-5H;1-2H3;1H3;1H4;1H;/q;;;;-1;;;+1/t19-,20+;13-,14+;;;;;;/m00....../s1. The van der Waals surface area contributed by atoms with Crippen LogP contribution in [0.5, 0.6) is 0 Å². The summed E-state index contributed by atoms with van der Waals surface area (Å²) in [6.45, 7) is 4.20. The van der Waals surface area contributed by atoms with Crippen molar-refractivity contribution in [2.75, 3.05) is 10.6 Å². The van der Waals surface area contributed by atoms with Gasteiger partial charge in [0, 0.05) is 92.5 Å². The van der Waals surface area contributed by atoms with E-state index < -0.39 is 22.8 Å². The van der Waals surface area contributed by atoms with Crippen LogP contribution in [-0.4, -0.2) is 86.2 Å². The van der Waals surface area contributed by atoms with Crippen LogP contribution in [0.15, 0.2) is 122 Å². The number of nitrogens with one attached hydrogen (secondary N) is 3. The molecule has 26 heteroatoms. The minimum atomic E-state index is -0.639. The minimum Gasteiger partial charge on any atom is -0.793 e. The number of allylic oxidation sites excluding steroid dienone is 2. The van der Waals surface area contributed by atoms with E-state index in [1.807, 2.05) is 18.2 Å². The summed E-state index contributed by atoms with van der Waals surface area (Å²) in [4.78, 5) is 85.3. The third-order valence-corrected chi connectivity index (χ3v) is 13.7. The normalized spacial score (nSPS) is 16.5. The fourth-order valence-electron chi connectivity index (χ4n) is 9.29. The van der Waals surface area contributed by atoms with Gasteiger partial charge in [0.05, 0.1) is 43.7 Å². The smallest absolute Gasteiger partial charge is 0.793 e. The maximum absolute atomic E-state index is 10.8. The topological polar surface area (TPSA) is 296 Å². The van der Waals surface area contributed by atoms with Gasteiger partial charge in [-0.1, -0.05) is 103 Å². The largest absolute Gasteiger partial charge is 1.00 e. The Bertz CT molecular complexity index is 3260. The average molecular weight is 1230 g/mol. The SMILES string of the molecule is C.CC(=O)OOC(C)=O.Cl.N[C@H]1CCC[C@@H](Nc2ncc(Cl)c(C3=CCc4ccccc43)n2)C1.O=Cc1ccc([N+](=O)[O-])cc1.O=[N+]([O-])c1ccc(CN[C@H]2CCC[C@@H](Nc3ncc(Cl)c(C4=CCc5ccccc54)n3)C2)cc1.[B-]OC(C)=O.[Na+]. The van der Waals surface area contributed by atoms with Crippen molar-refractivity contribution >= 4 is 102 Å². The number of nitro benzene ring substituents is 2. The van der Waals surface area contributed by atoms with Crippen LogP contribution in [0.1, 0.15) is 129 Å². The van der Waals surface area contributed by atoms with Crippen molar-refractivity contribution in [3.05, 3.63) is 197 Å². The number of hydrogen-bond acceptors (Lipinski definition) is 19. The first-order valence-corrected chi connectivity index (χ1v) is 27.0. The molecule has 6 aromatic rings. The number of carbonyl (C=O) groups excluding carboxylic acids is 4. The van der Waals surface area contributed by atoms with Crippen molar-refractivity contribution in [2.45, 2.75) is 123 Å². The molecule has 4 aromatic carbocycles. The summed E-state index contributed by atoms with van der Waals surface area (Å²) in [5.41, 5.74) is 16.4. The second kappa shape index (κ2) is 36.6.